The van der Waals surface area contributed by atoms with Crippen LogP contribution in [-0.2, 0) is 9.53 Å². The van der Waals surface area contributed by atoms with Crippen molar-refractivity contribution in [2.24, 2.45) is 5.92 Å². The molecule has 0 aromatic carbocycles. The van der Waals surface area contributed by atoms with Crippen LogP contribution < -0.4 is 0 Å². The Morgan fingerprint density at radius 2 is 2.36 bits per heavy atom. The first-order valence-electron chi connectivity index (χ1n) is 5.10. The molecule has 0 spiro atoms. The van der Waals surface area contributed by atoms with Gasteiger partial charge in [0.25, 0.3) is 0 Å². The van der Waals surface area contributed by atoms with E-state index < -0.39 is 0 Å². The van der Waals surface area contributed by atoms with Crippen LogP contribution in [0, 0.1) is 5.92 Å². The molecule has 0 saturated carbocycles. The fraction of sp³-hybridized carbons (Fsp3) is 0.727. The lowest BCUT2D eigenvalue weighted by molar-refractivity contribution is -0.134. The number of ether oxygens (including phenoxy) is 1. The van der Waals surface area contributed by atoms with Crippen molar-refractivity contribution in [3.05, 3.63) is 11.6 Å². The summed E-state index contributed by atoms with van der Waals surface area (Å²) in [6.45, 7) is 6.17. The highest BCUT2D eigenvalue weighted by atomic mass is 16.5. The summed E-state index contributed by atoms with van der Waals surface area (Å²) in [6.07, 6.45) is 3.18. The maximum Gasteiger partial charge on any atom is 0.248 e. The second-order valence-electron chi connectivity index (χ2n) is 3.96. The van der Waals surface area contributed by atoms with Crippen LogP contribution in [0.4, 0.5) is 0 Å². The quantitative estimate of drug-likeness (QED) is 0.641. The van der Waals surface area contributed by atoms with Gasteiger partial charge in [0.1, 0.15) is 6.61 Å². The first-order valence-corrected chi connectivity index (χ1v) is 5.10. The molecule has 1 aliphatic heterocycles. The van der Waals surface area contributed by atoms with Crippen LogP contribution in [0.25, 0.3) is 0 Å². The zero-order valence-corrected chi connectivity index (χ0v) is 9.25. The van der Waals surface area contributed by atoms with Crippen molar-refractivity contribution in [1.29, 1.82) is 0 Å². The second kappa shape index (κ2) is 5.15. The summed E-state index contributed by atoms with van der Waals surface area (Å²) in [7, 11) is 1.55. The average Bonchev–Trinajstić information content (AvgIpc) is 2.18. The molecule has 0 radical (unpaired) electrons. The molecule has 80 valence electrons. The molecule has 1 aliphatic rings. The number of carbonyl (C=O) groups excluding carboxylic acids is 1. The lowest BCUT2D eigenvalue weighted by atomic mass is 9.97. The Hall–Kier alpha value is -0.830. The fourth-order valence-corrected chi connectivity index (χ4v) is 1.65. The highest BCUT2D eigenvalue weighted by Gasteiger charge is 2.17. The minimum atomic E-state index is 0.0894. The van der Waals surface area contributed by atoms with Gasteiger partial charge in [-0.05, 0) is 12.3 Å². The van der Waals surface area contributed by atoms with Crippen molar-refractivity contribution >= 4 is 5.91 Å². The Kier molecular flexibility index (Phi) is 4.14. The molecular formula is C11H19NO2. The van der Waals surface area contributed by atoms with Crippen molar-refractivity contribution in [2.45, 2.75) is 20.3 Å². The third-order valence-electron chi connectivity index (χ3n) is 2.61. The van der Waals surface area contributed by atoms with E-state index in [2.05, 4.69) is 19.9 Å². The Bertz CT molecular complexity index is 233. The maximum absolute atomic E-state index is 11.4. The molecule has 0 saturated heterocycles. The molecule has 3 heteroatoms. The number of rotatable bonds is 3. The highest BCUT2D eigenvalue weighted by Crippen LogP contribution is 2.18. The largest absolute Gasteiger partial charge is 0.375 e. The average molecular weight is 197 g/mol. The van der Waals surface area contributed by atoms with Gasteiger partial charge in [-0.2, -0.15) is 0 Å². The predicted octanol–water partition coefficient (Wildman–Crippen LogP) is 1.45. The molecule has 0 fully saturated rings. The number of carbonyl (C=O) groups is 1. The van der Waals surface area contributed by atoms with Gasteiger partial charge in [-0.15, -0.1) is 0 Å². The van der Waals surface area contributed by atoms with Crippen LogP contribution >= 0.6 is 0 Å². The third kappa shape index (κ3) is 2.84. The van der Waals surface area contributed by atoms with Gasteiger partial charge in [0.15, 0.2) is 0 Å². The molecule has 0 bridgehead atoms. The summed E-state index contributed by atoms with van der Waals surface area (Å²) in [5, 5.41) is 0. The summed E-state index contributed by atoms with van der Waals surface area (Å²) in [5.74, 6) is 0.696. The van der Waals surface area contributed by atoms with Crippen molar-refractivity contribution in [3.63, 3.8) is 0 Å². The zero-order chi connectivity index (χ0) is 10.6. The van der Waals surface area contributed by atoms with Crippen molar-refractivity contribution in [3.8, 4) is 0 Å². The van der Waals surface area contributed by atoms with E-state index in [4.69, 9.17) is 4.74 Å². The molecule has 1 rings (SSSR count). The SMILES string of the molecule is COCC(=O)N1CC=C(C(C)C)CC1. The highest BCUT2D eigenvalue weighted by molar-refractivity contribution is 5.77. The molecule has 14 heavy (non-hydrogen) atoms. The van der Waals surface area contributed by atoms with Crippen molar-refractivity contribution in [1.82, 2.24) is 4.90 Å². The molecule has 0 unspecified atom stereocenters. The number of hydrogen-bond donors (Lipinski definition) is 0. The van der Waals surface area contributed by atoms with Crippen LogP contribution in [0.1, 0.15) is 20.3 Å². The lowest BCUT2D eigenvalue weighted by Crippen LogP contribution is -2.37. The van der Waals surface area contributed by atoms with E-state index in [9.17, 15) is 4.79 Å². The summed E-state index contributed by atoms with van der Waals surface area (Å²) in [5.41, 5.74) is 1.46. The molecule has 0 N–H and O–H groups in total. The van der Waals surface area contributed by atoms with Crippen LogP contribution in [0.5, 0.6) is 0 Å². The molecular weight excluding hydrogens is 178 g/mol. The molecule has 0 aromatic heterocycles. The number of hydrogen-bond acceptors (Lipinski definition) is 2. The van der Waals surface area contributed by atoms with Crippen molar-refractivity contribution < 1.29 is 9.53 Å². The van der Waals surface area contributed by atoms with Gasteiger partial charge < -0.3 is 9.64 Å². The zero-order valence-electron chi connectivity index (χ0n) is 9.25. The van der Waals surface area contributed by atoms with Gasteiger partial charge in [-0.1, -0.05) is 25.5 Å². The van der Waals surface area contributed by atoms with Crippen molar-refractivity contribution in [2.75, 3.05) is 26.8 Å². The van der Waals surface area contributed by atoms with Crippen LogP contribution in [0.3, 0.4) is 0 Å². The van der Waals surface area contributed by atoms with Gasteiger partial charge in [-0.3, -0.25) is 4.79 Å². The molecule has 1 amide bonds. The lowest BCUT2D eigenvalue weighted by Gasteiger charge is -2.27. The predicted molar refractivity (Wildman–Crippen MR) is 56.0 cm³/mol. The Labute approximate surface area is 85.7 Å². The molecule has 1 heterocycles. The van der Waals surface area contributed by atoms with E-state index in [1.54, 1.807) is 7.11 Å². The minimum Gasteiger partial charge on any atom is -0.375 e. The van der Waals surface area contributed by atoms with Gasteiger partial charge >= 0.3 is 0 Å². The number of nitrogens with zero attached hydrogens (tertiary/aromatic N) is 1. The van der Waals surface area contributed by atoms with Gasteiger partial charge in [0.05, 0.1) is 0 Å². The second-order valence-corrected chi connectivity index (χ2v) is 3.96. The number of methoxy groups -OCH3 is 1. The smallest absolute Gasteiger partial charge is 0.248 e. The van der Waals surface area contributed by atoms with E-state index in [1.165, 1.54) is 5.57 Å². The van der Waals surface area contributed by atoms with E-state index in [1.807, 2.05) is 4.90 Å². The molecule has 0 aliphatic carbocycles. The van der Waals surface area contributed by atoms with Gasteiger partial charge in [0, 0.05) is 20.2 Å². The first kappa shape index (κ1) is 11.2. The van der Waals surface area contributed by atoms with Crippen LogP contribution in [0.2, 0.25) is 0 Å². The Balaban J connectivity index is 2.46. The van der Waals surface area contributed by atoms with Gasteiger partial charge in [0.2, 0.25) is 5.91 Å². The van der Waals surface area contributed by atoms with Crippen LogP contribution in [-0.4, -0.2) is 37.6 Å². The molecule has 3 nitrogen and oxygen atoms in total. The number of amides is 1. The topological polar surface area (TPSA) is 29.5 Å². The molecule has 0 aromatic rings. The normalized spacial score (nSPS) is 17.1. The summed E-state index contributed by atoms with van der Waals surface area (Å²) < 4.78 is 4.82. The van der Waals surface area contributed by atoms with E-state index in [0.717, 1.165) is 19.5 Å². The maximum atomic E-state index is 11.4. The monoisotopic (exact) mass is 197 g/mol. The summed E-state index contributed by atoms with van der Waals surface area (Å²) >= 11 is 0. The first-order chi connectivity index (χ1) is 6.65. The van der Waals surface area contributed by atoms with E-state index in [-0.39, 0.29) is 12.5 Å². The van der Waals surface area contributed by atoms with Gasteiger partial charge in [-0.25, -0.2) is 0 Å². The fourth-order valence-electron chi connectivity index (χ4n) is 1.65. The Morgan fingerprint density at radius 1 is 1.64 bits per heavy atom. The summed E-state index contributed by atoms with van der Waals surface area (Å²) in [4.78, 5) is 13.3. The third-order valence-corrected chi connectivity index (χ3v) is 2.61. The minimum absolute atomic E-state index is 0.0894. The summed E-state index contributed by atoms with van der Waals surface area (Å²) in [6, 6.07) is 0. The Morgan fingerprint density at radius 3 is 2.79 bits per heavy atom. The van der Waals surface area contributed by atoms with E-state index in [0.29, 0.717) is 5.92 Å². The standard InChI is InChI=1S/C11H19NO2/c1-9(2)10-4-6-12(7-5-10)11(13)8-14-3/h4,9H,5-8H2,1-3H3. The van der Waals surface area contributed by atoms with E-state index >= 15 is 0 Å². The molecule has 0 atom stereocenters. The van der Waals surface area contributed by atoms with Crippen LogP contribution in [0.15, 0.2) is 11.6 Å².